The van der Waals surface area contributed by atoms with Gasteiger partial charge in [0.1, 0.15) is 24.0 Å². The largest absolute Gasteiger partial charge is 0.368 e. The molecule has 1 aliphatic rings. The van der Waals surface area contributed by atoms with Gasteiger partial charge in [0.05, 0.1) is 0 Å². The highest BCUT2D eigenvalue weighted by molar-refractivity contribution is 5.84. The number of hydrogen-bond donors (Lipinski definition) is 3. The Morgan fingerprint density at radius 3 is 2.95 bits per heavy atom. The number of hydrazine groups is 1. The summed E-state index contributed by atoms with van der Waals surface area (Å²) in [6.45, 7) is 2.79. The van der Waals surface area contributed by atoms with Gasteiger partial charge in [-0.2, -0.15) is 0 Å². The molecular formula is C12H20N6O. The van der Waals surface area contributed by atoms with Gasteiger partial charge >= 0.3 is 0 Å². The van der Waals surface area contributed by atoms with Crippen molar-refractivity contribution in [2.75, 3.05) is 16.9 Å². The van der Waals surface area contributed by atoms with Crippen molar-refractivity contribution in [1.82, 2.24) is 9.97 Å². The highest BCUT2D eigenvalue weighted by Gasteiger charge is 2.29. The lowest BCUT2D eigenvalue weighted by Crippen LogP contribution is -2.48. The van der Waals surface area contributed by atoms with Gasteiger partial charge in [-0.25, -0.2) is 15.8 Å². The first kappa shape index (κ1) is 13.5. The first-order valence-electron chi connectivity index (χ1n) is 6.55. The van der Waals surface area contributed by atoms with Crippen molar-refractivity contribution < 1.29 is 4.79 Å². The molecule has 7 nitrogen and oxygen atoms in total. The van der Waals surface area contributed by atoms with E-state index in [0.29, 0.717) is 5.82 Å². The predicted molar refractivity (Wildman–Crippen MR) is 73.4 cm³/mol. The maximum Gasteiger partial charge on any atom is 0.240 e. The van der Waals surface area contributed by atoms with Gasteiger partial charge in [0.25, 0.3) is 0 Å². The minimum atomic E-state index is -0.303. The summed E-state index contributed by atoms with van der Waals surface area (Å²) >= 11 is 0. The van der Waals surface area contributed by atoms with Gasteiger partial charge in [0, 0.05) is 12.1 Å². The number of carbonyl (C=O) groups excluding carboxylic acids is 1. The fourth-order valence-corrected chi connectivity index (χ4v) is 2.58. The number of rotatable bonds is 4. The Bertz CT molecular complexity index is 464. The standard InChI is InChI=1S/C12H20N6O/c1-2-8-11(17-14)15-7-16-12(8)18-6-4-3-5-9(18)10(13)19/h7,9H,2-6,14H2,1H3,(H2,13,19)(H,15,16,17). The van der Waals surface area contributed by atoms with E-state index in [1.807, 2.05) is 11.8 Å². The average molecular weight is 264 g/mol. The summed E-state index contributed by atoms with van der Waals surface area (Å²) in [7, 11) is 0. The highest BCUT2D eigenvalue weighted by Crippen LogP contribution is 2.29. The smallest absolute Gasteiger partial charge is 0.240 e. The third-order valence-electron chi connectivity index (χ3n) is 3.52. The summed E-state index contributed by atoms with van der Waals surface area (Å²) in [5.41, 5.74) is 8.98. The van der Waals surface area contributed by atoms with Crippen molar-refractivity contribution in [3.8, 4) is 0 Å². The molecule has 0 spiro atoms. The summed E-state index contributed by atoms with van der Waals surface area (Å²) in [4.78, 5) is 22.0. The fourth-order valence-electron chi connectivity index (χ4n) is 2.58. The second-order valence-corrected chi connectivity index (χ2v) is 4.63. The molecule has 1 unspecified atom stereocenters. The average Bonchev–Trinajstić information content (AvgIpc) is 2.46. The number of piperidine rings is 1. The molecule has 1 atom stereocenters. The molecule has 104 valence electrons. The number of amides is 1. The maximum absolute atomic E-state index is 11.6. The normalized spacial score (nSPS) is 19.3. The lowest BCUT2D eigenvalue weighted by atomic mass is 10.0. The van der Waals surface area contributed by atoms with E-state index in [2.05, 4.69) is 15.4 Å². The number of hydrogen-bond acceptors (Lipinski definition) is 6. The van der Waals surface area contributed by atoms with Crippen LogP contribution in [0.25, 0.3) is 0 Å². The fraction of sp³-hybridized carbons (Fsp3) is 0.583. The van der Waals surface area contributed by atoms with Crippen molar-refractivity contribution in [3.05, 3.63) is 11.9 Å². The van der Waals surface area contributed by atoms with E-state index in [1.165, 1.54) is 6.33 Å². The van der Waals surface area contributed by atoms with Gasteiger partial charge in [-0.05, 0) is 25.7 Å². The molecule has 2 heterocycles. The molecule has 1 aromatic heterocycles. The number of nitrogens with zero attached hydrogens (tertiary/aromatic N) is 3. The van der Waals surface area contributed by atoms with E-state index in [1.54, 1.807) is 0 Å². The number of primary amides is 1. The Labute approximate surface area is 112 Å². The van der Waals surface area contributed by atoms with Gasteiger partial charge in [-0.15, -0.1) is 0 Å². The SMILES string of the molecule is CCc1c(NN)ncnc1N1CCCCC1C(N)=O. The third kappa shape index (κ3) is 2.60. The molecule has 0 bridgehead atoms. The van der Waals surface area contributed by atoms with Gasteiger partial charge in [-0.1, -0.05) is 6.92 Å². The third-order valence-corrected chi connectivity index (χ3v) is 3.52. The lowest BCUT2D eigenvalue weighted by Gasteiger charge is -2.35. The molecule has 7 heteroatoms. The second kappa shape index (κ2) is 5.83. The molecule has 1 aromatic rings. The van der Waals surface area contributed by atoms with Gasteiger partial charge in [0.15, 0.2) is 0 Å². The lowest BCUT2D eigenvalue weighted by molar-refractivity contribution is -0.119. The Morgan fingerprint density at radius 1 is 1.53 bits per heavy atom. The molecule has 2 rings (SSSR count). The Kier molecular flexibility index (Phi) is 4.16. The number of aromatic nitrogens is 2. The van der Waals surface area contributed by atoms with Crippen LogP contribution in [0.2, 0.25) is 0 Å². The molecule has 5 N–H and O–H groups in total. The zero-order chi connectivity index (χ0) is 13.8. The first-order valence-corrected chi connectivity index (χ1v) is 6.55. The summed E-state index contributed by atoms with van der Waals surface area (Å²) in [6, 6.07) is -0.292. The number of carbonyl (C=O) groups is 1. The zero-order valence-electron chi connectivity index (χ0n) is 11.1. The van der Waals surface area contributed by atoms with Crippen molar-refractivity contribution >= 4 is 17.5 Å². The van der Waals surface area contributed by atoms with Gasteiger partial charge < -0.3 is 16.1 Å². The number of nitrogen functional groups attached to an aromatic ring is 1. The quantitative estimate of drug-likeness (QED) is 0.528. The van der Waals surface area contributed by atoms with Crippen LogP contribution in [0.15, 0.2) is 6.33 Å². The molecular weight excluding hydrogens is 244 g/mol. The first-order chi connectivity index (χ1) is 9.19. The van der Waals surface area contributed by atoms with Gasteiger partial charge in [0.2, 0.25) is 5.91 Å². The zero-order valence-corrected chi connectivity index (χ0v) is 11.1. The molecule has 0 aromatic carbocycles. The Hall–Kier alpha value is -1.89. The minimum absolute atomic E-state index is 0.292. The van der Waals surface area contributed by atoms with Crippen LogP contribution in [-0.4, -0.2) is 28.5 Å². The summed E-state index contributed by atoms with van der Waals surface area (Å²) in [6.07, 6.45) is 5.00. The van der Waals surface area contributed by atoms with Crippen LogP contribution in [0, 0.1) is 0 Å². The van der Waals surface area contributed by atoms with Crippen LogP contribution in [0.3, 0.4) is 0 Å². The molecule has 0 radical (unpaired) electrons. The summed E-state index contributed by atoms with van der Waals surface area (Å²) in [5.74, 6) is 6.52. The van der Waals surface area contributed by atoms with E-state index < -0.39 is 0 Å². The van der Waals surface area contributed by atoms with E-state index in [0.717, 1.165) is 43.6 Å². The minimum Gasteiger partial charge on any atom is -0.368 e. The van der Waals surface area contributed by atoms with E-state index >= 15 is 0 Å². The second-order valence-electron chi connectivity index (χ2n) is 4.63. The van der Waals surface area contributed by atoms with E-state index in [4.69, 9.17) is 11.6 Å². The van der Waals surface area contributed by atoms with Crippen molar-refractivity contribution in [3.63, 3.8) is 0 Å². The Morgan fingerprint density at radius 2 is 2.32 bits per heavy atom. The molecule has 1 aliphatic heterocycles. The van der Waals surface area contributed by atoms with Crippen LogP contribution in [0.5, 0.6) is 0 Å². The van der Waals surface area contributed by atoms with E-state index in [9.17, 15) is 4.79 Å². The van der Waals surface area contributed by atoms with Crippen LogP contribution >= 0.6 is 0 Å². The summed E-state index contributed by atoms with van der Waals surface area (Å²) < 4.78 is 0. The van der Waals surface area contributed by atoms with Crippen molar-refractivity contribution in [2.24, 2.45) is 11.6 Å². The Balaban J connectivity index is 2.41. The number of anilines is 2. The number of nitrogens with one attached hydrogen (secondary N) is 1. The van der Waals surface area contributed by atoms with E-state index in [-0.39, 0.29) is 11.9 Å². The van der Waals surface area contributed by atoms with Gasteiger partial charge in [-0.3, -0.25) is 4.79 Å². The van der Waals surface area contributed by atoms with Crippen LogP contribution in [-0.2, 0) is 11.2 Å². The molecule has 1 saturated heterocycles. The molecule has 0 saturated carbocycles. The van der Waals surface area contributed by atoms with Crippen molar-refractivity contribution in [2.45, 2.75) is 38.6 Å². The van der Waals surface area contributed by atoms with Crippen LogP contribution < -0.4 is 21.9 Å². The van der Waals surface area contributed by atoms with Crippen LogP contribution in [0.4, 0.5) is 11.6 Å². The molecule has 0 aliphatic carbocycles. The predicted octanol–water partition coefficient (Wildman–Crippen LogP) is 0.169. The van der Waals surface area contributed by atoms with Crippen LogP contribution in [0.1, 0.15) is 31.7 Å². The van der Waals surface area contributed by atoms with Crippen molar-refractivity contribution in [1.29, 1.82) is 0 Å². The highest BCUT2D eigenvalue weighted by atomic mass is 16.1. The topological polar surface area (TPSA) is 110 Å². The summed E-state index contributed by atoms with van der Waals surface area (Å²) in [5, 5.41) is 0. The molecule has 1 fully saturated rings. The number of nitrogens with two attached hydrogens (primary N) is 2. The molecule has 19 heavy (non-hydrogen) atoms. The monoisotopic (exact) mass is 264 g/mol. The molecule has 1 amide bonds. The maximum atomic E-state index is 11.6.